The van der Waals surface area contributed by atoms with Gasteiger partial charge in [0.2, 0.25) is 0 Å². The van der Waals surface area contributed by atoms with E-state index < -0.39 is 0 Å². The van der Waals surface area contributed by atoms with Crippen molar-refractivity contribution in [1.29, 1.82) is 0 Å². The van der Waals surface area contributed by atoms with Gasteiger partial charge in [-0.2, -0.15) is 0 Å². The highest BCUT2D eigenvalue weighted by molar-refractivity contribution is 6.15. The van der Waals surface area contributed by atoms with E-state index in [4.69, 9.17) is 0 Å². The summed E-state index contributed by atoms with van der Waals surface area (Å²) < 4.78 is 2.39. The summed E-state index contributed by atoms with van der Waals surface area (Å²) in [5.74, 6) is 0. The summed E-state index contributed by atoms with van der Waals surface area (Å²) in [4.78, 5) is 2.43. The molecule has 0 saturated heterocycles. The van der Waals surface area contributed by atoms with Gasteiger partial charge in [0.15, 0.2) is 0 Å². The van der Waals surface area contributed by atoms with Crippen LogP contribution in [0.25, 0.3) is 88.0 Å². The summed E-state index contributed by atoms with van der Waals surface area (Å²) in [6.07, 6.45) is 0. The SMILES string of the molecule is C=C1c2ccccc2-c2ccc(N(c3ccc(-c4ccc5c(c4)c4ccccc4n5-c4ccc(-c5ccccc5)cc4)cc3)c3cc4ccccc4c4ccccc34)cc21. The van der Waals surface area contributed by atoms with Crippen molar-refractivity contribution in [2.45, 2.75) is 0 Å². The molecule has 0 amide bonds. The van der Waals surface area contributed by atoms with Crippen LogP contribution in [0.3, 0.4) is 0 Å². The Morgan fingerprint density at radius 1 is 0.333 bits per heavy atom. The summed E-state index contributed by atoms with van der Waals surface area (Å²) in [6.45, 7) is 4.57. The van der Waals surface area contributed by atoms with Crippen molar-refractivity contribution < 1.29 is 0 Å². The van der Waals surface area contributed by atoms with Gasteiger partial charge in [0.1, 0.15) is 0 Å². The highest BCUT2D eigenvalue weighted by Crippen LogP contribution is 2.48. The van der Waals surface area contributed by atoms with Crippen molar-refractivity contribution in [3.8, 4) is 39.1 Å². The summed E-state index contributed by atoms with van der Waals surface area (Å²) >= 11 is 0. The molecule has 2 nitrogen and oxygen atoms in total. The third kappa shape index (κ3) is 5.35. The third-order valence-electron chi connectivity index (χ3n) is 12.5. The van der Waals surface area contributed by atoms with Crippen molar-refractivity contribution >= 4 is 66.0 Å². The van der Waals surface area contributed by atoms with Gasteiger partial charge in [0.25, 0.3) is 0 Å². The highest BCUT2D eigenvalue weighted by Gasteiger charge is 2.25. The Morgan fingerprint density at radius 2 is 0.900 bits per heavy atom. The van der Waals surface area contributed by atoms with Gasteiger partial charge in [-0.05, 0) is 127 Å². The van der Waals surface area contributed by atoms with Gasteiger partial charge in [-0.25, -0.2) is 0 Å². The second-order valence-corrected chi connectivity index (χ2v) is 15.8. The largest absolute Gasteiger partial charge is 0.310 e. The van der Waals surface area contributed by atoms with Crippen molar-refractivity contribution in [2.24, 2.45) is 0 Å². The van der Waals surface area contributed by atoms with E-state index in [2.05, 4.69) is 234 Å². The van der Waals surface area contributed by atoms with Gasteiger partial charge in [-0.1, -0.05) is 164 Å². The predicted molar refractivity (Wildman–Crippen MR) is 255 cm³/mol. The first-order valence-electron chi connectivity index (χ1n) is 20.6. The van der Waals surface area contributed by atoms with Gasteiger partial charge in [-0.3, -0.25) is 0 Å². The molecule has 0 fully saturated rings. The number of anilines is 3. The van der Waals surface area contributed by atoms with Crippen LogP contribution in [-0.4, -0.2) is 4.57 Å². The molecule has 10 aromatic carbocycles. The van der Waals surface area contributed by atoms with Crippen LogP contribution in [0.15, 0.2) is 225 Å². The quantitative estimate of drug-likeness (QED) is 0.153. The molecule has 11 aromatic rings. The van der Waals surface area contributed by atoms with Gasteiger partial charge >= 0.3 is 0 Å². The molecule has 0 unspecified atom stereocenters. The molecular formula is C58H38N2. The molecule has 1 aromatic heterocycles. The smallest absolute Gasteiger partial charge is 0.0546 e. The second kappa shape index (κ2) is 13.6. The van der Waals surface area contributed by atoms with E-state index in [0.717, 1.165) is 28.3 Å². The minimum atomic E-state index is 1.07. The molecule has 0 spiro atoms. The fraction of sp³-hybridized carbons (Fsp3) is 0. The van der Waals surface area contributed by atoms with E-state index >= 15 is 0 Å². The minimum Gasteiger partial charge on any atom is -0.310 e. The summed E-state index contributed by atoms with van der Waals surface area (Å²) in [5, 5.41) is 7.40. The average Bonchev–Trinajstić information content (AvgIpc) is 3.80. The zero-order valence-electron chi connectivity index (χ0n) is 32.9. The Hall–Kier alpha value is -7.94. The molecule has 2 heteroatoms. The number of benzene rings is 10. The maximum absolute atomic E-state index is 4.57. The molecule has 1 heterocycles. The number of fused-ring (bicyclic) bond motifs is 9. The molecule has 280 valence electrons. The lowest BCUT2D eigenvalue weighted by Gasteiger charge is -2.28. The predicted octanol–water partition coefficient (Wildman–Crippen LogP) is 15.9. The van der Waals surface area contributed by atoms with Crippen LogP contribution in [0, 0.1) is 0 Å². The van der Waals surface area contributed by atoms with Crippen LogP contribution in [0.4, 0.5) is 17.1 Å². The number of para-hydroxylation sites is 1. The number of hydrogen-bond donors (Lipinski definition) is 0. The Balaban J connectivity index is 0.977. The molecule has 0 atom stereocenters. The minimum absolute atomic E-state index is 1.07. The third-order valence-corrected chi connectivity index (χ3v) is 12.5. The number of aromatic nitrogens is 1. The Kier molecular flexibility index (Phi) is 7.73. The second-order valence-electron chi connectivity index (χ2n) is 15.8. The van der Waals surface area contributed by atoms with E-state index in [1.807, 2.05) is 0 Å². The van der Waals surface area contributed by atoms with E-state index in [1.54, 1.807) is 0 Å². The molecule has 1 aliphatic rings. The Morgan fingerprint density at radius 3 is 1.72 bits per heavy atom. The maximum Gasteiger partial charge on any atom is 0.0546 e. The maximum atomic E-state index is 4.57. The van der Waals surface area contributed by atoms with Crippen molar-refractivity contribution in [3.05, 3.63) is 236 Å². The highest BCUT2D eigenvalue weighted by atomic mass is 15.1. The molecular weight excluding hydrogens is 725 g/mol. The topological polar surface area (TPSA) is 8.17 Å². The first kappa shape index (κ1) is 34.1. The van der Waals surface area contributed by atoms with Crippen molar-refractivity contribution in [1.82, 2.24) is 4.57 Å². The molecule has 60 heavy (non-hydrogen) atoms. The first-order chi connectivity index (χ1) is 29.7. The molecule has 12 rings (SSSR count). The van der Waals surface area contributed by atoms with E-state index in [-0.39, 0.29) is 0 Å². The van der Waals surface area contributed by atoms with Crippen LogP contribution >= 0.6 is 0 Å². The standard InChI is InChI=1S/C58H38N2/c1-38-47-16-7-8-18-49(47)51-33-32-46(37-54(38)51)59(58-36-43-15-5-6-17-48(43)50-19-9-10-20-52(50)58)44-28-25-41(26-29-44)42-27-34-57-55(35-42)53-21-11-12-22-56(53)60(57)45-30-23-40(24-31-45)39-13-3-2-4-14-39/h2-37H,1H2. The monoisotopic (exact) mass is 762 g/mol. The number of nitrogens with zero attached hydrogens (tertiary/aromatic N) is 2. The van der Waals surface area contributed by atoms with Crippen LogP contribution in [0.5, 0.6) is 0 Å². The Labute approximate surface area is 349 Å². The summed E-state index contributed by atoms with van der Waals surface area (Å²) in [7, 11) is 0. The van der Waals surface area contributed by atoms with Crippen LogP contribution in [0.1, 0.15) is 11.1 Å². The fourth-order valence-corrected chi connectivity index (χ4v) is 9.60. The van der Waals surface area contributed by atoms with Crippen molar-refractivity contribution in [2.75, 3.05) is 4.90 Å². The van der Waals surface area contributed by atoms with Gasteiger partial charge in [0.05, 0.1) is 16.7 Å². The number of hydrogen-bond acceptors (Lipinski definition) is 1. The van der Waals surface area contributed by atoms with Gasteiger partial charge in [-0.15, -0.1) is 0 Å². The van der Waals surface area contributed by atoms with Crippen LogP contribution < -0.4 is 4.90 Å². The molecule has 1 aliphatic carbocycles. The summed E-state index contributed by atoms with van der Waals surface area (Å²) in [5.41, 5.74) is 17.6. The van der Waals surface area contributed by atoms with E-state index in [1.165, 1.54) is 87.9 Å². The van der Waals surface area contributed by atoms with Gasteiger partial charge < -0.3 is 9.47 Å². The Bertz CT molecular complexity index is 3480. The van der Waals surface area contributed by atoms with E-state index in [9.17, 15) is 0 Å². The molecule has 0 saturated carbocycles. The molecule has 0 N–H and O–H groups in total. The zero-order valence-corrected chi connectivity index (χ0v) is 32.9. The lowest BCUT2D eigenvalue weighted by molar-refractivity contribution is 1.18. The molecule has 0 bridgehead atoms. The van der Waals surface area contributed by atoms with Gasteiger partial charge in [0, 0.05) is 33.2 Å². The zero-order chi connectivity index (χ0) is 39.7. The molecule has 0 aliphatic heterocycles. The molecule has 0 radical (unpaired) electrons. The van der Waals surface area contributed by atoms with E-state index in [0.29, 0.717) is 0 Å². The first-order valence-corrected chi connectivity index (χ1v) is 20.6. The summed E-state index contributed by atoms with van der Waals surface area (Å²) in [6, 6.07) is 79.6. The van der Waals surface area contributed by atoms with Crippen molar-refractivity contribution in [3.63, 3.8) is 0 Å². The lowest BCUT2D eigenvalue weighted by atomic mass is 9.98. The normalized spacial score (nSPS) is 12.0. The number of rotatable bonds is 6. The van der Waals surface area contributed by atoms with Crippen LogP contribution in [-0.2, 0) is 0 Å². The fourth-order valence-electron chi connectivity index (χ4n) is 9.60. The van der Waals surface area contributed by atoms with Crippen LogP contribution in [0.2, 0.25) is 0 Å². The lowest BCUT2D eigenvalue weighted by Crippen LogP contribution is -2.11. The average molecular weight is 763 g/mol.